The van der Waals surface area contributed by atoms with Crippen molar-refractivity contribution < 1.29 is 0 Å². The zero-order chi connectivity index (χ0) is 17.4. The van der Waals surface area contributed by atoms with Crippen LogP contribution in [-0.2, 0) is 13.6 Å². The van der Waals surface area contributed by atoms with Crippen molar-refractivity contribution in [2.45, 2.75) is 25.4 Å². The number of likely N-dealkylation sites (tertiary alicyclic amines) is 1. The zero-order valence-corrected chi connectivity index (χ0v) is 15.1. The van der Waals surface area contributed by atoms with Crippen LogP contribution >= 0.6 is 11.6 Å². The minimum atomic E-state index is 0.0887. The minimum Gasteiger partial charge on any atom is -0.299 e. The van der Waals surface area contributed by atoms with Crippen LogP contribution in [0.3, 0.4) is 0 Å². The minimum absolute atomic E-state index is 0.0887. The molecule has 25 heavy (non-hydrogen) atoms. The number of imidazole rings is 1. The fourth-order valence-electron chi connectivity index (χ4n) is 3.88. The molecular weight excluding hydrogens is 334 g/mol. The monoisotopic (exact) mass is 355 g/mol. The SMILES string of the molecule is Cn1c(=O)n(C2CCN(Cc3ccccc3Cl)CC2)c2ccccc21. The van der Waals surface area contributed by atoms with Crippen LogP contribution in [0.25, 0.3) is 11.0 Å². The normalized spacial score (nSPS) is 16.6. The fourth-order valence-corrected chi connectivity index (χ4v) is 4.07. The Hall–Kier alpha value is -2.04. The van der Waals surface area contributed by atoms with Crippen LogP contribution in [-0.4, -0.2) is 27.1 Å². The van der Waals surface area contributed by atoms with Crippen LogP contribution in [0.2, 0.25) is 5.02 Å². The highest BCUT2D eigenvalue weighted by Crippen LogP contribution is 2.27. The van der Waals surface area contributed by atoms with Crippen molar-refractivity contribution in [3.63, 3.8) is 0 Å². The first kappa shape index (κ1) is 16.4. The number of aryl methyl sites for hydroxylation is 1. The fraction of sp³-hybridized carbons (Fsp3) is 0.350. The van der Waals surface area contributed by atoms with Crippen molar-refractivity contribution in [3.05, 3.63) is 69.6 Å². The lowest BCUT2D eigenvalue weighted by Crippen LogP contribution is -2.37. The van der Waals surface area contributed by atoms with E-state index in [1.165, 1.54) is 5.56 Å². The number of benzene rings is 2. The van der Waals surface area contributed by atoms with E-state index in [4.69, 9.17) is 11.6 Å². The molecule has 0 aliphatic carbocycles. The quantitative estimate of drug-likeness (QED) is 0.714. The molecule has 0 N–H and O–H groups in total. The molecule has 3 aromatic rings. The standard InChI is InChI=1S/C20H22ClN3O/c1-22-18-8-4-5-9-19(18)24(20(22)25)16-10-12-23(13-11-16)14-15-6-2-3-7-17(15)21/h2-9,16H,10-14H2,1H3. The molecule has 0 bridgehead atoms. The summed E-state index contributed by atoms with van der Waals surface area (Å²) in [7, 11) is 1.85. The topological polar surface area (TPSA) is 30.2 Å². The maximum atomic E-state index is 12.7. The predicted molar refractivity (Wildman–Crippen MR) is 102 cm³/mol. The Morgan fingerprint density at radius 1 is 1.00 bits per heavy atom. The lowest BCUT2D eigenvalue weighted by Gasteiger charge is -2.32. The van der Waals surface area contributed by atoms with E-state index < -0.39 is 0 Å². The molecule has 1 aliphatic heterocycles. The Morgan fingerprint density at radius 3 is 2.36 bits per heavy atom. The van der Waals surface area contributed by atoms with Gasteiger partial charge in [0.2, 0.25) is 0 Å². The van der Waals surface area contributed by atoms with Gasteiger partial charge in [-0.1, -0.05) is 41.9 Å². The van der Waals surface area contributed by atoms with Gasteiger partial charge in [-0.2, -0.15) is 0 Å². The Balaban J connectivity index is 1.52. The first-order chi connectivity index (χ1) is 12.1. The molecule has 0 atom stereocenters. The number of halogens is 1. The van der Waals surface area contributed by atoms with E-state index in [1.54, 1.807) is 4.57 Å². The van der Waals surface area contributed by atoms with E-state index in [-0.39, 0.29) is 11.7 Å². The highest BCUT2D eigenvalue weighted by molar-refractivity contribution is 6.31. The smallest absolute Gasteiger partial charge is 0.299 e. The zero-order valence-electron chi connectivity index (χ0n) is 14.4. The van der Waals surface area contributed by atoms with Crippen LogP contribution in [0.5, 0.6) is 0 Å². The molecule has 4 rings (SSSR count). The molecule has 1 aliphatic rings. The highest BCUT2D eigenvalue weighted by Gasteiger charge is 2.24. The van der Waals surface area contributed by atoms with Crippen LogP contribution in [0.15, 0.2) is 53.3 Å². The molecule has 0 unspecified atom stereocenters. The van der Waals surface area contributed by atoms with E-state index in [0.29, 0.717) is 0 Å². The van der Waals surface area contributed by atoms with Gasteiger partial charge >= 0.3 is 5.69 Å². The third-order valence-electron chi connectivity index (χ3n) is 5.27. The second-order valence-corrected chi connectivity index (χ2v) is 7.21. The summed E-state index contributed by atoms with van der Waals surface area (Å²) in [6.07, 6.45) is 1.97. The van der Waals surface area contributed by atoms with E-state index in [1.807, 2.05) is 54.1 Å². The molecule has 2 aromatic carbocycles. The van der Waals surface area contributed by atoms with Gasteiger partial charge in [-0.05, 0) is 36.6 Å². The third-order valence-corrected chi connectivity index (χ3v) is 5.64. The van der Waals surface area contributed by atoms with Gasteiger partial charge < -0.3 is 0 Å². The van der Waals surface area contributed by atoms with Crippen molar-refractivity contribution in [2.75, 3.05) is 13.1 Å². The maximum Gasteiger partial charge on any atom is 0.329 e. The molecule has 0 saturated carbocycles. The maximum absolute atomic E-state index is 12.7. The van der Waals surface area contributed by atoms with Gasteiger partial charge in [-0.3, -0.25) is 14.0 Å². The van der Waals surface area contributed by atoms with Crippen molar-refractivity contribution in [2.24, 2.45) is 7.05 Å². The molecule has 2 heterocycles. The van der Waals surface area contributed by atoms with Gasteiger partial charge in [0.1, 0.15) is 0 Å². The summed E-state index contributed by atoms with van der Waals surface area (Å²) < 4.78 is 3.74. The van der Waals surface area contributed by atoms with Crippen molar-refractivity contribution >= 4 is 22.6 Å². The highest BCUT2D eigenvalue weighted by atomic mass is 35.5. The molecule has 0 amide bonds. The van der Waals surface area contributed by atoms with Crippen LogP contribution < -0.4 is 5.69 Å². The van der Waals surface area contributed by atoms with Gasteiger partial charge in [0.05, 0.1) is 11.0 Å². The average molecular weight is 356 g/mol. The van der Waals surface area contributed by atoms with Gasteiger partial charge in [0.25, 0.3) is 0 Å². The number of nitrogens with zero attached hydrogens (tertiary/aromatic N) is 3. The molecule has 130 valence electrons. The van der Waals surface area contributed by atoms with E-state index in [2.05, 4.69) is 11.0 Å². The lowest BCUT2D eigenvalue weighted by molar-refractivity contribution is 0.179. The Kier molecular flexibility index (Phi) is 4.40. The second kappa shape index (κ2) is 6.70. The van der Waals surface area contributed by atoms with Gasteiger partial charge in [0.15, 0.2) is 0 Å². The van der Waals surface area contributed by atoms with E-state index in [9.17, 15) is 4.79 Å². The van der Waals surface area contributed by atoms with E-state index in [0.717, 1.165) is 48.5 Å². The molecule has 4 nitrogen and oxygen atoms in total. The van der Waals surface area contributed by atoms with Crippen LogP contribution in [0, 0.1) is 0 Å². The third kappa shape index (κ3) is 3.00. The van der Waals surface area contributed by atoms with Crippen LogP contribution in [0.1, 0.15) is 24.4 Å². The Morgan fingerprint density at radius 2 is 1.64 bits per heavy atom. The number of hydrogen-bond donors (Lipinski definition) is 0. The van der Waals surface area contributed by atoms with Gasteiger partial charge in [-0.15, -0.1) is 0 Å². The molecular formula is C20H22ClN3O. The number of rotatable bonds is 3. The summed E-state index contributed by atoms with van der Waals surface area (Å²) in [5.74, 6) is 0. The molecule has 0 spiro atoms. The van der Waals surface area contributed by atoms with Gasteiger partial charge in [0, 0.05) is 37.7 Å². The number of fused-ring (bicyclic) bond motifs is 1. The first-order valence-corrected chi connectivity index (χ1v) is 9.14. The largest absolute Gasteiger partial charge is 0.329 e. The number of aromatic nitrogens is 2. The summed E-state index contributed by atoms with van der Waals surface area (Å²) >= 11 is 6.28. The number of hydrogen-bond acceptors (Lipinski definition) is 2. The predicted octanol–water partition coefficient (Wildman–Crippen LogP) is 3.83. The first-order valence-electron chi connectivity index (χ1n) is 8.77. The summed E-state index contributed by atoms with van der Waals surface area (Å²) in [5.41, 5.74) is 3.31. The number of para-hydroxylation sites is 2. The lowest BCUT2D eigenvalue weighted by atomic mass is 10.0. The number of piperidine rings is 1. The second-order valence-electron chi connectivity index (χ2n) is 6.80. The van der Waals surface area contributed by atoms with E-state index >= 15 is 0 Å². The summed E-state index contributed by atoms with van der Waals surface area (Å²) in [6, 6.07) is 16.3. The Bertz CT molecular complexity index is 951. The summed E-state index contributed by atoms with van der Waals surface area (Å²) in [6.45, 7) is 2.83. The molecule has 1 saturated heterocycles. The van der Waals surface area contributed by atoms with Gasteiger partial charge in [-0.25, -0.2) is 4.79 Å². The average Bonchev–Trinajstić information content (AvgIpc) is 2.89. The summed E-state index contributed by atoms with van der Waals surface area (Å²) in [5, 5.41) is 0.829. The Labute approximate surface area is 152 Å². The van der Waals surface area contributed by atoms with Crippen molar-refractivity contribution in [1.82, 2.24) is 14.0 Å². The molecule has 1 fully saturated rings. The molecule has 5 heteroatoms. The van der Waals surface area contributed by atoms with Crippen molar-refractivity contribution in [1.29, 1.82) is 0 Å². The van der Waals surface area contributed by atoms with Crippen molar-refractivity contribution in [3.8, 4) is 0 Å². The van der Waals surface area contributed by atoms with Crippen LogP contribution in [0.4, 0.5) is 0 Å². The summed E-state index contributed by atoms with van der Waals surface area (Å²) in [4.78, 5) is 15.1. The molecule has 1 aromatic heterocycles. The molecule has 0 radical (unpaired) electrons.